The second-order valence-electron chi connectivity index (χ2n) is 2.07. The zero-order valence-electron chi connectivity index (χ0n) is 5.55. The van der Waals surface area contributed by atoms with Crippen molar-refractivity contribution in [2.45, 2.75) is 12.5 Å². The highest BCUT2D eigenvalue weighted by Gasteiger charge is 2.27. The third kappa shape index (κ3) is 1.99. The summed E-state index contributed by atoms with van der Waals surface area (Å²) in [5, 5.41) is 8.47. The molecule has 0 unspecified atom stereocenters. The lowest BCUT2D eigenvalue weighted by atomic mass is 10.1. The molecule has 0 radical (unpaired) electrons. The minimum Gasteiger partial charge on any atom is -0.468 e. The third-order valence-corrected chi connectivity index (χ3v) is 0.980. The van der Waals surface area contributed by atoms with Crippen LogP contribution >= 0.6 is 0 Å². The Morgan fingerprint density at radius 2 is 2.33 bits per heavy atom. The second kappa shape index (κ2) is 2.80. The van der Waals surface area contributed by atoms with E-state index >= 15 is 0 Å². The molecule has 0 fully saturated rings. The number of aliphatic hydroxyl groups excluding tert-OH is 1. The number of rotatable bonds is 2. The van der Waals surface area contributed by atoms with Gasteiger partial charge >= 0.3 is 5.97 Å². The Labute approximate surface area is 53.6 Å². The summed E-state index contributed by atoms with van der Waals surface area (Å²) in [6, 6.07) is 0. The lowest BCUT2D eigenvalue weighted by molar-refractivity contribution is -0.147. The quantitative estimate of drug-likeness (QED) is 0.467. The highest BCUT2D eigenvalue weighted by Crippen LogP contribution is 1.98. The van der Waals surface area contributed by atoms with Gasteiger partial charge in [0, 0.05) is 0 Å². The van der Waals surface area contributed by atoms with Gasteiger partial charge in [-0.15, -0.1) is 0 Å². The van der Waals surface area contributed by atoms with Gasteiger partial charge in [-0.1, -0.05) is 0 Å². The molecule has 0 saturated carbocycles. The van der Waals surface area contributed by atoms with Crippen LogP contribution in [0.4, 0.5) is 0 Å². The van der Waals surface area contributed by atoms with Gasteiger partial charge in [-0.05, 0) is 6.92 Å². The van der Waals surface area contributed by atoms with Crippen LogP contribution in [0.15, 0.2) is 0 Å². The molecule has 0 bridgehead atoms. The van der Waals surface area contributed by atoms with Gasteiger partial charge in [0.05, 0.1) is 13.7 Å². The minimum atomic E-state index is -1.26. The first-order chi connectivity index (χ1) is 4.04. The number of carbonyl (C=O) groups excluding carboxylic acids is 1. The number of nitrogens with two attached hydrogens (primary N) is 1. The number of esters is 1. The van der Waals surface area contributed by atoms with E-state index in [1.807, 2.05) is 0 Å². The van der Waals surface area contributed by atoms with Crippen LogP contribution in [-0.2, 0) is 9.53 Å². The van der Waals surface area contributed by atoms with Gasteiger partial charge in [0.2, 0.25) is 0 Å². The molecule has 4 nitrogen and oxygen atoms in total. The Morgan fingerprint density at radius 1 is 1.89 bits per heavy atom. The van der Waals surface area contributed by atoms with E-state index in [4.69, 9.17) is 10.8 Å². The zero-order chi connectivity index (χ0) is 7.49. The summed E-state index contributed by atoms with van der Waals surface area (Å²) in [5.41, 5.74) is 3.99. The third-order valence-electron chi connectivity index (χ3n) is 0.980. The smallest absolute Gasteiger partial charge is 0.327 e. The molecule has 9 heavy (non-hydrogen) atoms. The van der Waals surface area contributed by atoms with Gasteiger partial charge in [0.15, 0.2) is 0 Å². The van der Waals surface area contributed by atoms with E-state index in [9.17, 15) is 4.79 Å². The molecule has 0 spiro atoms. The lowest BCUT2D eigenvalue weighted by Crippen LogP contribution is -2.48. The van der Waals surface area contributed by atoms with E-state index in [0.717, 1.165) is 0 Å². The average Bonchev–Trinajstić information content (AvgIpc) is 1.86. The highest BCUT2D eigenvalue weighted by molar-refractivity contribution is 5.79. The molecule has 0 aromatic rings. The van der Waals surface area contributed by atoms with Crippen LogP contribution in [0, 0.1) is 0 Å². The van der Waals surface area contributed by atoms with Crippen LogP contribution in [0.2, 0.25) is 0 Å². The van der Waals surface area contributed by atoms with Crippen molar-refractivity contribution in [1.29, 1.82) is 0 Å². The van der Waals surface area contributed by atoms with Crippen molar-refractivity contribution in [3.63, 3.8) is 0 Å². The summed E-state index contributed by atoms with van der Waals surface area (Å²) in [6.07, 6.45) is 0. The maximum absolute atomic E-state index is 10.6. The molecule has 0 heterocycles. The first-order valence-corrected chi connectivity index (χ1v) is 2.52. The molecule has 0 aliphatic carbocycles. The number of aliphatic hydroxyl groups is 1. The molecular formula is C5H11NO3. The number of carbonyl (C=O) groups is 1. The van der Waals surface area contributed by atoms with Crippen LogP contribution in [0.25, 0.3) is 0 Å². The molecule has 0 aromatic heterocycles. The van der Waals surface area contributed by atoms with Gasteiger partial charge in [0.1, 0.15) is 5.54 Å². The summed E-state index contributed by atoms with van der Waals surface area (Å²) in [5.74, 6) is -0.606. The Kier molecular flexibility index (Phi) is 2.61. The summed E-state index contributed by atoms with van der Waals surface area (Å²) in [7, 11) is 1.23. The normalized spacial score (nSPS) is 16.4. The van der Waals surface area contributed by atoms with Crippen molar-refractivity contribution in [1.82, 2.24) is 0 Å². The monoisotopic (exact) mass is 133 g/mol. The van der Waals surface area contributed by atoms with Crippen LogP contribution in [-0.4, -0.2) is 30.3 Å². The van der Waals surface area contributed by atoms with Crippen molar-refractivity contribution in [3.8, 4) is 0 Å². The van der Waals surface area contributed by atoms with Crippen LogP contribution in [0.5, 0.6) is 0 Å². The molecule has 3 N–H and O–H groups in total. The molecule has 0 aromatic carbocycles. The Morgan fingerprint density at radius 3 is 2.44 bits per heavy atom. The van der Waals surface area contributed by atoms with E-state index in [2.05, 4.69) is 4.74 Å². The van der Waals surface area contributed by atoms with E-state index in [-0.39, 0.29) is 0 Å². The molecule has 0 amide bonds. The van der Waals surface area contributed by atoms with Crippen molar-refractivity contribution in [3.05, 3.63) is 0 Å². The molecule has 0 aliphatic heterocycles. The molecule has 0 rings (SSSR count). The van der Waals surface area contributed by atoms with Gasteiger partial charge in [-0.25, -0.2) is 4.79 Å². The SMILES string of the molecule is COC(=O)[C@](C)(N)CO. The number of methoxy groups -OCH3 is 1. The van der Waals surface area contributed by atoms with E-state index in [1.165, 1.54) is 14.0 Å². The van der Waals surface area contributed by atoms with Crippen molar-refractivity contribution >= 4 is 5.97 Å². The topological polar surface area (TPSA) is 72.5 Å². The first-order valence-electron chi connectivity index (χ1n) is 2.52. The summed E-state index contributed by atoms with van der Waals surface area (Å²) >= 11 is 0. The number of ether oxygens (including phenoxy) is 1. The van der Waals surface area contributed by atoms with Gasteiger partial charge < -0.3 is 15.6 Å². The molecule has 0 saturated heterocycles. The molecular weight excluding hydrogens is 122 g/mol. The fourth-order valence-electron chi connectivity index (χ4n) is 0.298. The lowest BCUT2D eigenvalue weighted by Gasteiger charge is -2.17. The van der Waals surface area contributed by atoms with Crippen LogP contribution in [0.3, 0.4) is 0 Å². The maximum Gasteiger partial charge on any atom is 0.327 e. The zero-order valence-corrected chi connectivity index (χ0v) is 5.55. The van der Waals surface area contributed by atoms with Gasteiger partial charge in [0.25, 0.3) is 0 Å². The predicted octanol–water partition coefficient (Wildman–Crippen LogP) is -1.13. The second-order valence-corrected chi connectivity index (χ2v) is 2.07. The summed E-state index contributed by atoms with van der Waals surface area (Å²) < 4.78 is 4.28. The fourth-order valence-corrected chi connectivity index (χ4v) is 0.298. The Balaban J connectivity index is 3.97. The number of hydrogen-bond acceptors (Lipinski definition) is 4. The molecule has 54 valence electrons. The van der Waals surface area contributed by atoms with Crippen LogP contribution in [0.1, 0.15) is 6.92 Å². The van der Waals surface area contributed by atoms with Gasteiger partial charge in [-0.2, -0.15) is 0 Å². The van der Waals surface area contributed by atoms with Crippen molar-refractivity contribution < 1.29 is 14.6 Å². The van der Waals surface area contributed by atoms with Crippen molar-refractivity contribution in [2.75, 3.05) is 13.7 Å². The first kappa shape index (κ1) is 8.39. The molecule has 4 heteroatoms. The van der Waals surface area contributed by atoms with E-state index in [0.29, 0.717) is 0 Å². The van der Waals surface area contributed by atoms with Gasteiger partial charge in [-0.3, -0.25) is 0 Å². The molecule has 1 atom stereocenters. The largest absolute Gasteiger partial charge is 0.468 e. The highest BCUT2D eigenvalue weighted by atomic mass is 16.5. The Bertz CT molecular complexity index is 111. The molecule has 0 aliphatic rings. The van der Waals surface area contributed by atoms with E-state index in [1.54, 1.807) is 0 Å². The Hall–Kier alpha value is -0.610. The summed E-state index contributed by atoms with van der Waals surface area (Å²) in [6.45, 7) is 0.999. The van der Waals surface area contributed by atoms with Crippen LogP contribution < -0.4 is 5.73 Å². The fraction of sp³-hybridized carbons (Fsp3) is 0.800. The number of hydrogen-bond donors (Lipinski definition) is 2. The maximum atomic E-state index is 10.6. The van der Waals surface area contributed by atoms with E-state index < -0.39 is 18.1 Å². The average molecular weight is 133 g/mol. The minimum absolute atomic E-state index is 0.403. The summed E-state index contributed by atoms with van der Waals surface area (Å²) in [4.78, 5) is 10.6. The predicted molar refractivity (Wildman–Crippen MR) is 31.7 cm³/mol. The van der Waals surface area contributed by atoms with Crippen molar-refractivity contribution in [2.24, 2.45) is 5.73 Å². The standard InChI is InChI=1S/C5H11NO3/c1-5(6,3-7)4(8)9-2/h7H,3,6H2,1-2H3/t5-/m1/s1.